The first-order valence-corrected chi connectivity index (χ1v) is 8.65. The minimum absolute atomic E-state index is 0.0966. The van der Waals surface area contributed by atoms with E-state index in [0.29, 0.717) is 25.5 Å². The number of fused-ring (bicyclic) bond motifs is 1. The molecule has 0 saturated carbocycles. The Morgan fingerprint density at radius 2 is 1.89 bits per heavy atom. The number of ketones is 1. The number of non-ortho nitro benzene ring substituents is 1. The normalized spacial score (nSPS) is 11.0. The second-order valence-corrected chi connectivity index (χ2v) is 6.69. The number of benzene rings is 2. The van der Waals surface area contributed by atoms with E-state index in [1.165, 1.54) is 53.8 Å². The van der Waals surface area contributed by atoms with E-state index in [1.807, 2.05) is 0 Å². The molecule has 0 aliphatic carbocycles. The van der Waals surface area contributed by atoms with Gasteiger partial charge in [-0.3, -0.25) is 14.9 Å². The number of nitrogens with zero attached hydrogens (tertiary/aromatic N) is 3. The van der Waals surface area contributed by atoms with Gasteiger partial charge in [-0.25, -0.2) is 4.73 Å². The molecule has 2 aromatic heterocycles. The third-order valence-electron chi connectivity index (χ3n) is 4.16. The van der Waals surface area contributed by atoms with Crippen molar-refractivity contribution in [3.63, 3.8) is 0 Å². The van der Waals surface area contributed by atoms with Crippen molar-refractivity contribution in [2.45, 2.75) is 0 Å². The van der Waals surface area contributed by atoms with Crippen LogP contribution in [-0.2, 0) is 0 Å². The molecule has 9 heteroatoms. The van der Waals surface area contributed by atoms with Gasteiger partial charge < -0.3 is 10.4 Å². The highest BCUT2D eigenvalue weighted by molar-refractivity contribution is 7.12. The Bertz CT molecular complexity index is 1180. The van der Waals surface area contributed by atoms with Crippen molar-refractivity contribution in [2.75, 3.05) is 0 Å². The Labute approximate surface area is 155 Å². The second kappa shape index (κ2) is 6.22. The van der Waals surface area contributed by atoms with Crippen LogP contribution >= 0.6 is 11.3 Å². The van der Waals surface area contributed by atoms with Crippen molar-refractivity contribution in [1.82, 2.24) is 4.73 Å². The van der Waals surface area contributed by atoms with Gasteiger partial charge in [-0.2, -0.15) is 0 Å². The molecular formula is C18H11N3O5S. The molecule has 2 heterocycles. The van der Waals surface area contributed by atoms with Crippen LogP contribution in [0.5, 0.6) is 0 Å². The number of nitro groups is 1. The average molecular weight is 381 g/mol. The van der Waals surface area contributed by atoms with Crippen molar-refractivity contribution >= 4 is 33.8 Å². The predicted molar refractivity (Wildman–Crippen MR) is 97.9 cm³/mol. The maximum atomic E-state index is 12.7. The molecule has 0 aliphatic heterocycles. The summed E-state index contributed by atoms with van der Waals surface area (Å²) in [6.45, 7) is 0. The van der Waals surface area contributed by atoms with E-state index in [-0.39, 0.29) is 28.3 Å². The lowest BCUT2D eigenvalue weighted by atomic mass is 10.1. The van der Waals surface area contributed by atoms with Gasteiger partial charge in [0.2, 0.25) is 11.3 Å². The van der Waals surface area contributed by atoms with Crippen LogP contribution in [0.1, 0.15) is 15.2 Å². The van der Waals surface area contributed by atoms with Crippen molar-refractivity contribution in [2.24, 2.45) is 0 Å². The first kappa shape index (κ1) is 16.7. The lowest BCUT2D eigenvalue weighted by Gasteiger charge is -2.03. The molecule has 27 heavy (non-hydrogen) atoms. The summed E-state index contributed by atoms with van der Waals surface area (Å²) >= 11 is 1.30. The third kappa shape index (κ3) is 2.70. The number of carbonyl (C=O) groups is 1. The van der Waals surface area contributed by atoms with E-state index in [2.05, 4.69) is 0 Å². The van der Waals surface area contributed by atoms with Crippen LogP contribution in [-0.4, -0.2) is 20.6 Å². The molecule has 0 unspecified atom stereocenters. The Morgan fingerprint density at radius 3 is 2.52 bits per heavy atom. The summed E-state index contributed by atoms with van der Waals surface area (Å²) in [5.74, 6) is -0.310. The molecule has 4 aromatic rings. The lowest BCUT2D eigenvalue weighted by molar-refractivity contribution is -0.567. The van der Waals surface area contributed by atoms with Gasteiger partial charge in [0, 0.05) is 23.8 Å². The maximum Gasteiger partial charge on any atom is 0.332 e. The van der Waals surface area contributed by atoms with E-state index in [4.69, 9.17) is 0 Å². The first-order valence-electron chi connectivity index (χ1n) is 7.77. The zero-order valence-corrected chi connectivity index (χ0v) is 14.4. The molecule has 4 rings (SSSR count). The van der Waals surface area contributed by atoms with Crippen LogP contribution in [0.3, 0.4) is 0 Å². The predicted octanol–water partition coefficient (Wildman–Crippen LogP) is 3.38. The molecule has 2 aromatic carbocycles. The number of thiophene rings is 1. The van der Waals surface area contributed by atoms with Crippen molar-refractivity contribution in [1.29, 1.82) is 0 Å². The van der Waals surface area contributed by atoms with E-state index < -0.39 is 4.92 Å². The minimum atomic E-state index is -0.550. The molecule has 8 nitrogen and oxygen atoms in total. The quantitative estimate of drug-likeness (QED) is 0.145. The van der Waals surface area contributed by atoms with Gasteiger partial charge in [0.25, 0.3) is 5.69 Å². The van der Waals surface area contributed by atoms with Gasteiger partial charge in [-0.1, -0.05) is 6.07 Å². The fourth-order valence-electron chi connectivity index (χ4n) is 2.84. The SMILES string of the molecule is O=C(c1ccc2c(c1)[n+]([O-])c(-c1ccc([N+](=O)[O-])cc1)n2O)c1cccs1. The van der Waals surface area contributed by atoms with Gasteiger partial charge in [0.15, 0.2) is 5.52 Å². The van der Waals surface area contributed by atoms with E-state index in [1.54, 1.807) is 17.5 Å². The second-order valence-electron chi connectivity index (χ2n) is 5.74. The number of hydrogen-bond acceptors (Lipinski definition) is 6. The summed E-state index contributed by atoms with van der Waals surface area (Å²) in [6.07, 6.45) is 0. The zero-order valence-electron chi connectivity index (χ0n) is 13.6. The van der Waals surface area contributed by atoms with Crippen molar-refractivity contribution in [3.8, 4) is 11.4 Å². The topological polar surface area (TPSA) is 112 Å². The van der Waals surface area contributed by atoms with Gasteiger partial charge in [-0.05, 0) is 40.4 Å². The van der Waals surface area contributed by atoms with E-state index in [0.717, 1.165) is 0 Å². The molecule has 0 radical (unpaired) electrons. The van der Waals surface area contributed by atoms with Crippen molar-refractivity contribution in [3.05, 3.63) is 85.7 Å². The highest BCUT2D eigenvalue weighted by Crippen LogP contribution is 2.25. The minimum Gasteiger partial charge on any atom is -0.710 e. The largest absolute Gasteiger partial charge is 0.710 e. The van der Waals surface area contributed by atoms with Gasteiger partial charge in [0.05, 0.1) is 15.4 Å². The number of rotatable bonds is 4. The Morgan fingerprint density at radius 1 is 1.15 bits per heavy atom. The molecule has 134 valence electrons. The Kier molecular flexibility index (Phi) is 3.85. The molecular weight excluding hydrogens is 370 g/mol. The third-order valence-corrected chi connectivity index (χ3v) is 5.03. The number of aromatic nitrogens is 2. The summed E-state index contributed by atoms with van der Waals surface area (Å²) in [5.41, 5.74) is 0.853. The van der Waals surface area contributed by atoms with Crippen LogP contribution < -0.4 is 4.73 Å². The van der Waals surface area contributed by atoms with E-state index >= 15 is 0 Å². The van der Waals surface area contributed by atoms with Crippen LogP contribution in [0.15, 0.2) is 60.0 Å². The maximum absolute atomic E-state index is 12.7. The number of nitro benzene ring substituents is 1. The average Bonchev–Trinajstić information content (AvgIpc) is 3.29. The van der Waals surface area contributed by atoms with Crippen LogP contribution in [0, 0.1) is 15.3 Å². The fraction of sp³-hybridized carbons (Fsp3) is 0. The fourth-order valence-corrected chi connectivity index (χ4v) is 3.53. The van der Waals surface area contributed by atoms with Crippen molar-refractivity contribution < 1.29 is 19.7 Å². The lowest BCUT2D eigenvalue weighted by Crippen LogP contribution is -2.28. The summed E-state index contributed by atoms with van der Waals surface area (Å²) < 4.78 is 1.21. The van der Waals surface area contributed by atoms with Crippen LogP contribution in [0.2, 0.25) is 0 Å². The molecule has 1 N–H and O–H groups in total. The first-order chi connectivity index (χ1) is 13.0. The highest BCUT2D eigenvalue weighted by Gasteiger charge is 2.25. The van der Waals surface area contributed by atoms with Gasteiger partial charge >= 0.3 is 5.82 Å². The standard InChI is InChI=1S/C18H11N3O5S/c22-17(16-2-1-9-27-16)12-5-8-14-15(10-12)20(24)18(19(14)23)11-3-6-13(7-4-11)21(25)26/h1-10,23H. The van der Waals surface area contributed by atoms with Gasteiger partial charge in [0.1, 0.15) is 0 Å². The van der Waals surface area contributed by atoms with E-state index in [9.17, 15) is 25.3 Å². The Hall–Kier alpha value is -3.72. The van der Waals surface area contributed by atoms with Crippen LogP contribution in [0.25, 0.3) is 22.4 Å². The smallest absolute Gasteiger partial charge is 0.332 e. The van der Waals surface area contributed by atoms with Crippen LogP contribution in [0.4, 0.5) is 5.69 Å². The highest BCUT2D eigenvalue weighted by atomic mass is 32.1. The summed E-state index contributed by atoms with van der Waals surface area (Å²) in [4.78, 5) is 23.3. The number of imidazole rings is 1. The van der Waals surface area contributed by atoms with Gasteiger partial charge in [-0.15, -0.1) is 11.3 Å². The summed E-state index contributed by atoms with van der Waals surface area (Å²) in [5, 5.41) is 35.7. The monoisotopic (exact) mass is 381 g/mol. The summed E-state index contributed by atoms with van der Waals surface area (Å²) in [6, 6.07) is 13.2. The molecule has 0 amide bonds. The number of carbonyl (C=O) groups excluding carboxylic acids is 1. The zero-order chi connectivity index (χ0) is 19.1. The molecule has 0 atom stereocenters. The Balaban J connectivity index is 1.83. The molecule has 0 saturated heterocycles. The summed E-state index contributed by atoms with van der Waals surface area (Å²) in [7, 11) is 0. The molecule has 0 aliphatic rings. The molecule has 0 spiro atoms. The molecule has 0 fully saturated rings. The number of hydrogen-bond donors (Lipinski definition) is 1. The molecule has 0 bridgehead atoms.